The Kier molecular flexibility index (Phi) is 8.53. The molecule has 2 aliphatic heterocycles. The minimum atomic E-state index is -1.93. The summed E-state index contributed by atoms with van der Waals surface area (Å²) >= 11 is 0. The van der Waals surface area contributed by atoms with E-state index in [-0.39, 0.29) is 50.3 Å². The molecule has 0 spiro atoms. The van der Waals surface area contributed by atoms with Gasteiger partial charge in [-0.2, -0.15) is 0 Å². The van der Waals surface area contributed by atoms with Gasteiger partial charge in [-0.3, -0.25) is 0 Å². The van der Waals surface area contributed by atoms with Gasteiger partial charge >= 0.3 is 0 Å². The summed E-state index contributed by atoms with van der Waals surface area (Å²) in [4.78, 5) is 2.49. The molecule has 14 rings (SSSR count). The fourth-order valence-electron chi connectivity index (χ4n) is 13.4. The van der Waals surface area contributed by atoms with Crippen molar-refractivity contribution in [3.8, 4) is 44.5 Å². The van der Waals surface area contributed by atoms with E-state index < -0.39 is 234 Å². The van der Waals surface area contributed by atoms with Gasteiger partial charge in [0.25, 0.3) is 6.71 Å². The lowest BCUT2D eigenvalue weighted by atomic mass is 9.33. The third-order valence-corrected chi connectivity index (χ3v) is 17.8. The smallest absolute Gasteiger partial charge is 0.252 e. The van der Waals surface area contributed by atoms with Gasteiger partial charge in [0, 0.05) is 44.8 Å². The van der Waals surface area contributed by atoms with Crippen LogP contribution in [0.3, 0.4) is 0 Å². The van der Waals surface area contributed by atoms with Gasteiger partial charge in [0.1, 0.15) is 52.3 Å². The monoisotopic (exact) mass is 1160 g/mol. The summed E-state index contributed by atoms with van der Waals surface area (Å²) in [5, 5.41) is 0.479. The van der Waals surface area contributed by atoms with Crippen molar-refractivity contribution >= 4 is 68.2 Å². The normalized spacial score (nSPS) is 19.4. The Morgan fingerprint density at radius 3 is 1.35 bits per heavy atom. The molecule has 10 aromatic rings. The van der Waals surface area contributed by atoms with Crippen LogP contribution in [0.1, 0.15) is 132 Å². The molecule has 0 saturated heterocycles. The molecule has 9 aromatic carbocycles. The molecule has 0 fully saturated rings. The summed E-state index contributed by atoms with van der Waals surface area (Å²) in [6.45, 7) is 16.2. The molecule has 0 amide bonds. The minimum Gasteiger partial charge on any atom is -0.458 e. The maximum absolute atomic E-state index is 17.2. The van der Waals surface area contributed by atoms with Crippen molar-refractivity contribution in [2.45, 2.75) is 110 Å². The van der Waals surface area contributed by atoms with E-state index in [9.17, 15) is 6.85 Å². The lowest BCUT2D eigenvalue weighted by Gasteiger charge is -2.47. The molecule has 0 unspecified atom stereocenters. The molecular weight excluding hydrogens is 1080 g/mol. The van der Waals surface area contributed by atoms with E-state index in [4.69, 9.17) is 20.9 Å². The first-order valence-corrected chi connectivity index (χ1v) is 27.6. The highest BCUT2D eigenvalue weighted by molar-refractivity contribution is 7.00. The number of hydrogen-bond acceptors (Lipinski definition) is 3. The number of nitrogens with zero attached hydrogens (tertiary/aromatic N) is 2. The summed E-state index contributed by atoms with van der Waals surface area (Å²) in [7, 11) is 0. The summed E-state index contributed by atoms with van der Waals surface area (Å²) in [6, 6.07) is -11.1. The summed E-state index contributed by atoms with van der Waals surface area (Å²) < 4.78 is 298. The van der Waals surface area contributed by atoms with Crippen LogP contribution in [-0.2, 0) is 21.7 Å². The molecule has 12 heteroatoms. The van der Waals surface area contributed by atoms with Crippen molar-refractivity contribution in [3.63, 3.8) is 0 Å². The summed E-state index contributed by atoms with van der Waals surface area (Å²) in [6.07, 6.45) is 2.37. The molecule has 0 saturated carbocycles. The number of halogens is 8. The SMILES string of the molecule is [2H]c1c([2H])c(F)c(-c2cc(-c3c(F)c([2H])c([2H])c([2H])c3F)c([2H])c(N3c4cc(C)cc5c4B(c4cc6c(cc4N5c4c([2H])c(-c5c(F)c([2H])c([2H])c([2H])c5F)c([2H])c(-c5c(F)c([2H])c([2H])c([2H])c5F)c4[2H])C(C)(C)CCC6(C)C)c4ccc5c6c(oc5c43)C(C)(C)CCC6(C)C)c2[2H])c(F)c1[2H]. The molecular formula is C73H59BF8N2O. The minimum absolute atomic E-state index is 0.00755. The van der Waals surface area contributed by atoms with E-state index in [0.717, 1.165) is 11.1 Å². The highest BCUT2D eigenvalue weighted by Crippen LogP contribution is 2.56. The lowest BCUT2D eigenvalue weighted by molar-refractivity contribution is 0.284. The Labute approximate surface area is 513 Å². The Bertz CT molecular complexity index is 5260. The van der Waals surface area contributed by atoms with Crippen LogP contribution >= 0.6 is 0 Å². The predicted octanol–water partition coefficient (Wildman–Crippen LogP) is 19.3. The maximum Gasteiger partial charge on any atom is 0.252 e. The van der Waals surface area contributed by atoms with Gasteiger partial charge in [0.15, 0.2) is 5.58 Å². The quantitative estimate of drug-likeness (QED) is 0.122. The van der Waals surface area contributed by atoms with Crippen molar-refractivity contribution < 1.29 is 62.8 Å². The number of fused-ring (bicyclic) bond motifs is 9. The fourth-order valence-corrected chi connectivity index (χ4v) is 13.4. The Morgan fingerprint density at radius 2 is 0.859 bits per heavy atom. The number of anilines is 6. The second-order valence-electron chi connectivity index (χ2n) is 25.1. The van der Waals surface area contributed by atoms with Crippen LogP contribution in [0.25, 0.3) is 55.5 Å². The summed E-state index contributed by atoms with van der Waals surface area (Å²) in [5.74, 6) is -14.5. The van der Waals surface area contributed by atoms with Crippen molar-refractivity contribution in [1.82, 2.24) is 0 Å². The van der Waals surface area contributed by atoms with Gasteiger partial charge in [-0.1, -0.05) is 97.8 Å². The second kappa shape index (κ2) is 18.8. The molecule has 0 bridgehead atoms. The van der Waals surface area contributed by atoms with Crippen LogP contribution in [0.15, 0.2) is 150 Å². The molecule has 4 aliphatic rings. The molecule has 2 aliphatic carbocycles. The number of rotatable bonds is 6. The standard InChI is InChI=1S/C73H59BF8N2O/c1-38-28-59-66-60(29-38)84(44-34-41(63-54(79)18-12-19-55(63)80)31-42(35-44)64-56(81)20-13-21-57(64)82)67-48(23-22-45-65-69(85-68(45)67)73(8,9)27-26-72(65,6)7)74(66)49-36-46-47(71(4,5)25-24-70(46,2)3)37-58(49)83(59)43-32-39(61-50(75)14-10-15-51(61)76)30-40(33-43)62-52(77)16-11-17-53(62)78/h10-23,28-37H,24-27H2,1-9H3/i10D,11D,12D,13D,14D,15D,16D,17D,18D,19D,20D,21D,30D,32D,33D,34D,35D. The first-order valence-electron chi connectivity index (χ1n) is 36.1. The van der Waals surface area contributed by atoms with Crippen molar-refractivity contribution in [1.29, 1.82) is 0 Å². The van der Waals surface area contributed by atoms with Crippen LogP contribution in [0.4, 0.5) is 69.2 Å². The van der Waals surface area contributed by atoms with Crippen molar-refractivity contribution in [3.05, 3.63) is 220 Å². The number of benzene rings is 9. The zero-order valence-corrected chi connectivity index (χ0v) is 47.3. The summed E-state index contributed by atoms with van der Waals surface area (Å²) in [5.41, 5.74) is -11.8. The molecule has 3 heterocycles. The molecule has 3 nitrogen and oxygen atoms in total. The molecule has 426 valence electrons. The average Bonchev–Trinajstić information content (AvgIpc) is 1.05. The first-order chi connectivity index (χ1) is 47.5. The molecule has 0 N–H and O–H groups in total. The highest BCUT2D eigenvalue weighted by Gasteiger charge is 2.49. The van der Waals surface area contributed by atoms with E-state index in [1.807, 2.05) is 61.5 Å². The largest absolute Gasteiger partial charge is 0.458 e. The Morgan fingerprint density at radius 1 is 0.447 bits per heavy atom. The van der Waals surface area contributed by atoms with Gasteiger partial charge in [-0.05, 0) is 207 Å². The number of aryl methyl sites for hydroxylation is 1. The van der Waals surface area contributed by atoms with Gasteiger partial charge in [-0.15, -0.1) is 0 Å². The first kappa shape index (κ1) is 38.5. The third-order valence-electron chi connectivity index (χ3n) is 17.8. The van der Waals surface area contributed by atoms with E-state index in [0.29, 0.717) is 48.5 Å². The fraction of sp³-hybridized carbons (Fsp3) is 0.233. The van der Waals surface area contributed by atoms with Crippen molar-refractivity contribution in [2.24, 2.45) is 0 Å². The van der Waals surface area contributed by atoms with Gasteiger partial charge in [-0.25, -0.2) is 35.1 Å². The third kappa shape index (κ3) is 8.27. The van der Waals surface area contributed by atoms with Crippen LogP contribution < -0.4 is 26.2 Å². The molecule has 1 aromatic heterocycles. The van der Waals surface area contributed by atoms with Crippen LogP contribution in [0, 0.1) is 53.5 Å². The van der Waals surface area contributed by atoms with E-state index in [1.165, 1.54) is 28.9 Å². The average molecular weight is 1160 g/mol. The van der Waals surface area contributed by atoms with Crippen molar-refractivity contribution in [2.75, 3.05) is 9.80 Å². The van der Waals surface area contributed by atoms with Gasteiger partial charge in [0.05, 0.1) is 51.2 Å². The zero-order chi connectivity index (χ0) is 74.5. The highest BCUT2D eigenvalue weighted by atomic mass is 19.2. The van der Waals surface area contributed by atoms with Crippen LogP contribution in [0.5, 0.6) is 0 Å². The van der Waals surface area contributed by atoms with Crippen LogP contribution in [0.2, 0.25) is 0 Å². The Balaban J connectivity index is 1.23. The molecule has 85 heavy (non-hydrogen) atoms. The predicted molar refractivity (Wildman–Crippen MR) is 327 cm³/mol. The zero-order valence-electron chi connectivity index (χ0n) is 64.3. The Hall–Kier alpha value is -8.38. The maximum atomic E-state index is 17.2. The number of hydrogen-bond donors (Lipinski definition) is 0. The van der Waals surface area contributed by atoms with Crippen LogP contribution in [-0.4, -0.2) is 6.71 Å². The topological polar surface area (TPSA) is 19.6 Å². The second-order valence-corrected chi connectivity index (χ2v) is 25.1. The van der Waals surface area contributed by atoms with Gasteiger partial charge in [0.2, 0.25) is 0 Å². The lowest BCUT2D eigenvalue weighted by Crippen LogP contribution is -2.62. The number of furan rings is 1. The van der Waals surface area contributed by atoms with E-state index in [2.05, 4.69) is 0 Å². The molecule has 0 atom stereocenters. The van der Waals surface area contributed by atoms with E-state index >= 15 is 35.1 Å². The van der Waals surface area contributed by atoms with E-state index in [1.54, 1.807) is 18.2 Å². The molecule has 0 radical (unpaired) electrons. The van der Waals surface area contributed by atoms with Gasteiger partial charge < -0.3 is 14.2 Å².